The van der Waals surface area contributed by atoms with E-state index in [9.17, 15) is 0 Å². The lowest BCUT2D eigenvalue weighted by molar-refractivity contribution is 0.281. The SMILES string of the molecule is COc1cc(CNCCc2ccsc2)ccc1OCc1c(C)noc1C. The molecule has 26 heavy (non-hydrogen) atoms. The van der Waals surface area contributed by atoms with Gasteiger partial charge in [-0.05, 0) is 66.9 Å². The van der Waals surface area contributed by atoms with Crippen LogP contribution in [-0.2, 0) is 19.6 Å². The van der Waals surface area contributed by atoms with Crippen LogP contribution in [0.25, 0.3) is 0 Å². The minimum Gasteiger partial charge on any atom is -0.493 e. The van der Waals surface area contributed by atoms with Crippen molar-refractivity contribution in [3.63, 3.8) is 0 Å². The van der Waals surface area contributed by atoms with Crippen LogP contribution in [0.5, 0.6) is 11.5 Å². The molecular formula is C20H24N2O3S. The zero-order valence-corrected chi connectivity index (χ0v) is 16.2. The van der Waals surface area contributed by atoms with E-state index in [4.69, 9.17) is 14.0 Å². The second-order valence-corrected chi connectivity index (χ2v) is 6.92. The third-order valence-corrected chi connectivity index (χ3v) is 5.01. The third-order valence-electron chi connectivity index (χ3n) is 4.28. The molecule has 0 aliphatic rings. The van der Waals surface area contributed by atoms with Gasteiger partial charge in [0.05, 0.1) is 18.4 Å². The largest absolute Gasteiger partial charge is 0.493 e. The lowest BCUT2D eigenvalue weighted by atomic mass is 10.2. The molecule has 3 aromatic rings. The van der Waals surface area contributed by atoms with Gasteiger partial charge in [-0.2, -0.15) is 11.3 Å². The maximum atomic E-state index is 5.92. The number of ether oxygens (including phenoxy) is 2. The fourth-order valence-electron chi connectivity index (χ4n) is 2.70. The summed E-state index contributed by atoms with van der Waals surface area (Å²) in [7, 11) is 1.66. The van der Waals surface area contributed by atoms with Gasteiger partial charge in [0.15, 0.2) is 11.5 Å². The summed E-state index contributed by atoms with van der Waals surface area (Å²) in [5.74, 6) is 2.23. The smallest absolute Gasteiger partial charge is 0.161 e. The second kappa shape index (κ2) is 8.87. The minimum absolute atomic E-state index is 0.412. The normalized spacial score (nSPS) is 10.9. The Morgan fingerprint density at radius 1 is 1.15 bits per heavy atom. The van der Waals surface area contributed by atoms with Crippen LogP contribution >= 0.6 is 11.3 Å². The Morgan fingerprint density at radius 3 is 2.73 bits per heavy atom. The molecule has 1 N–H and O–H groups in total. The predicted molar refractivity (Wildman–Crippen MR) is 103 cm³/mol. The van der Waals surface area contributed by atoms with Crippen LogP contribution in [0.15, 0.2) is 39.5 Å². The van der Waals surface area contributed by atoms with Crippen molar-refractivity contribution < 1.29 is 14.0 Å². The van der Waals surface area contributed by atoms with Crippen LogP contribution < -0.4 is 14.8 Å². The van der Waals surface area contributed by atoms with Gasteiger partial charge in [-0.15, -0.1) is 0 Å². The molecule has 3 rings (SSSR count). The van der Waals surface area contributed by atoms with E-state index in [1.165, 1.54) is 5.56 Å². The minimum atomic E-state index is 0.412. The Labute approximate surface area is 157 Å². The van der Waals surface area contributed by atoms with Crippen molar-refractivity contribution in [1.29, 1.82) is 0 Å². The van der Waals surface area contributed by atoms with Gasteiger partial charge in [0.2, 0.25) is 0 Å². The third kappa shape index (κ3) is 4.65. The highest BCUT2D eigenvalue weighted by molar-refractivity contribution is 7.07. The molecule has 1 aromatic carbocycles. The molecule has 0 saturated heterocycles. The first-order valence-electron chi connectivity index (χ1n) is 8.60. The number of nitrogens with zero attached hydrogens (tertiary/aromatic N) is 1. The fourth-order valence-corrected chi connectivity index (χ4v) is 3.40. The number of nitrogens with one attached hydrogen (secondary N) is 1. The number of rotatable bonds is 9. The molecular weight excluding hydrogens is 348 g/mol. The maximum Gasteiger partial charge on any atom is 0.161 e. The topological polar surface area (TPSA) is 56.5 Å². The lowest BCUT2D eigenvalue weighted by Gasteiger charge is -2.12. The predicted octanol–water partition coefficient (Wildman–Crippen LogP) is 4.27. The number of hydrogen-bond donors (Lipinski definition) is 1. The summed E-state index contributed by atoms with van der Waals surface area (Å²) in [4.78, 5) is 0. The average Bonchev–Trinajstić information content (AvgIpc) is 3.28. The molecule has 138 valence electrons. The molecule has 6 heteroatoms. The maximum absolute atomic E-state index is 5.92. The molecule has 0 aliphatic heterocycles. The molecule has 0 radical (unpaired) electrons. The van der Waals surface area contributed by atoms with Crippen LogP contribution in [0.3, 0.4) is 0 Å². The molecule has 0 aliphatic carbocycles. The van der Waals surface area contributed by atoms with E-state index in [1.54, 1.807) is 18.4 Å². The summed E-state index contributed by atoms with van der Waals surface area (Å²) in [6.07, 6.45) is 1.04. The first-order valence-corrected chi connectivity index (χ1v) is 9.55. The van der Waals surface area contributed by atoms with Crippen molar-refractivity contribution in [1.82, 2.24) is 10.5 Å². The zero-order chi connectivity index (χ0) is 18.4. The summed E-state index contributed by atoms with van der Waals surface area (Å²) in [6, 6.07) is 8.19. The fraction of sp³-hybridized carbons (Fsp3) is 0.350. The van der Waals surface area contributed by atoms with Crippen molar-refractivity contribution in [3.05, 3.63) is 63.2 Å². The van der Waals surface area contributed by atoms with Gasteiger partial charge in [-0.3, -0.25) is 0 Å². The van der Waals surface area contributed by atoms with Crippen LogP contribution in [0.4, 0.5) is 0 Å². The number of hydrogen-bond acceptors (Lipinski definition) is 6. The number of aromatic nitrogens is 1. The van der Waals surface area contributed by atoms with Crippen LogP contribution in [0.2, 0.25) is 0 Å². The molecule has 0 amide bonds. The van der Waals surface area contributed by atoms with E-state index >= 15 is 0 Å². The molecule has 0 fully saturated rings. The first-order chi connectivity index (χ1) is 12.7. The summed E-state index contributed by atoms with van der Waals surface area (Å²) in [5.41, 5.74) is 4.37. The molecule has 0 saturated carbocycles. The zero-order valence-electron chi connectivity index (χ0n) is 15.4. The van der Waals surface area contributed by atoms with E-state index in [-0.39, 0.29) is 0 Å². The van der Waals surface area contributed by atoms with E-state index in [1.807, 2.05) is 26.0 Å². The van der Waals surface area contributed by atoms with E-state index in [2.05, 4.69) is 33.4 Å². The molecule has 2 aromatic heterocycles. The highest BCUT2D eigenvalue weighted by atomic mass is 32.1. The van der Waals surface area contributed by atoms with Crippen LogP contribution in [0, 0.1) is 13.8 Å². The van der Waals surface area contributed by atoms with Crippen LogP contribution in [-0.4, -0.2) is 18.8 Å². The lowest BCUT2D eigenvalue weighted by Crippen LogP contribution is -2.16. The van der Waals surface area contributed by atoms with Crippen molar-refractivity contribution in [2.75, 3.05) is 13.7 Å². The van der Waals surface area contributed by atoms with Gasteiger partial charge in [-0.1, -0.05) is 11.2 Å². The summed E-state index contributed by atoms with van der Waals surface area (Å²) in [6.45, 7) is 5.96. The van der Waals surface area contributed by atoms with E-state index < -0.39 is 0 Å². The van der Waals surface area contributed by atoms with Crippen molar-refractivity contribution >= 4 is 11.3 Å². The molecule has 5 nitrogen and oxygen atoms in total. The molecule has 2 heterocycles. The number of thiophene rings is 1. The number of methoxy groups -OCH3 is 1. The first kappa shape index (κ1) is 18.5. The van der Waals surface area contributed by atoms with Crippen LogP contribution in [0.1, 0.15) is 28.1 Å². The monoisotopic (exact) mass is 372 g/mol. The van der Waals surface area contributed by atoms with Crippen molar-refractivity contribution in [3.8, 4) is 11.5 Å². The average molecular weight is 372 g/mol. The molecule has 0 unspecified atom stereocenters. The summed E-state index contributed by atoms with van der Waals surface area (Å²) in [5, 5.41) is 11.7. The molecule has 0 spiro atoms. The van der Waals surface area contributed by atoms with Crippen molar-refractivity contribution in [2.45, 2.75) is 33.4 Å². The second-order valence-electron chi connectivity index (χ2n) is 6.13. The van der Waals surface area contributed by atoms with Gasteiger partial charge in [0.25, 0.3) is 0 Å². The quantitative estimate of drug-likeness (QED) is 0.568. The highest BCUT2D eigenvalue weighted by Crippen LogP contribution is 2.29. The van der Waals surface area contributed by atoms with Gasteiger partial charge < -0.3 is 19.3 Å². The molecule has 0 bridgehead atoms. The Balaban J connectivity index is 1.55. The Hall–Kier alpha value is -2.31. The van der Waals surface area contributed by atoms with Gasteiger partial charge in [0, 0.05) is 6.54 Å². The summed E-state index contributed by atoms with van der Waals surface area (Å²) >= 11 is 1.74. The Kier molecular flexibility index (Phi) is 6.30. The Bertz CT molecular complexity index is 808. The standard InChI is InChI=1S/C20H24N2O3S/c1-14-18(15(2)25-22-14)12-24-19-5-4-17(10-20(19)23-3)11-21-8-6-16-7-9-26-13-16/h4-5,7,9-10,13,21H,6,8,11-12H2,1-3H3. The number of benzene rings is 1. The summed E-state index contributed by atoms with van der Waals surface area (Å²) < 4.78 is 16.6. The van der Waals surface area contributed by atoms with Gasteiger partial charge >= 0.3 is 0 Å². The highest BCUT2D eigenvalue weighted by Gasteiger charge is 2.12. The Morgan fingerprint density at radius 2 is 2.04 bits per heavy atom. The molecule has 0 atom stereocenters. The van der Waals surface area contributed by atoms with E-state index in [0.717, 1.165) is 53.6 Å². The van der Waals surface area contributed by atoms with E-state index in [0.29, 0.717) is 6.61 Å². The number of aryl methyl sites for hydroxylation is 2. The van der Waals surface area contributed by atoms with Gasteiger partial charge in [-0.25, -0.2) is 0 Å². The van der Waals surface area contributed by atoms with Gasteiger partial charge in [0.1, 0.15) is 12.4 Å². The van der Waals surface area contributed by atoms with Crippen molar-refractivity contribution in [2.24, 2.45) is 0 Å².